The largest absolute Gasteiger partial charge is 0.492 e. The minimum absolute atomic E-state index is 0.0908. The molecule has 0 spiro atoms. The van der Waals surface area contributed by atoms with E-state index in [1.54, 1.807) is 0 Å². The molecule has 43 heavy (non-hydrogen) atoms. The zero-order chi connectivity index (χ0) is 30.2. The number of hydrogen-bond acceptors (Lipinski definition) is 8. The molecule has 0 bridgehead atoms. The van der Waals surface area contributed by atoms with Crippen molar-refractivity contribution in [1.82, 2.24) is 29.2 Å². The molecule has 10 heteroatoms. The first-order valence-electron chi connectivity index (χ1n) is 15.6. The van der Waals surface area contributed by atoms with Crippen molar-refractivity contribution in [2.75, 3.05) is 86.2 Å². The first kappa shape index (κ1) is 31.0. The summed E-state index contributed by atoms with van der Waals surface area (Å²) in [5, 5.41) is 0. The molecule has 1 amide bonds. The van der Waals surface area contributed by atoms with Crippen molar-refractivity contribution in [1.29, 1.82) is 0 Å². The average Bonchev–Trinajstić information content (AvgIpc) is 3.41. The first-order chi connectivity index (χ1) is 20.9. The first-order valence-corrected chi connectivity index (χ1v) is 15.6. The Morgan fingerprint density at radius 1 is 0.977 bits per heavy atom. The molecule has 2 aliphatic heterocycles. The van der Waals surface area contributed by atoms with Gasteiger partial charge >= 0.3 is 5.97 Å². The number of carbonyl (C=O) groups excluding carboxylic acids is 2. The van der Waals surface area contributed by atoms with Crippen LogP contribution in [0.4, 0.5) is 0 Å². The monoisotopic (exact) mass is 590 g/mol. The smallest absolute Gasteiger partial charge is 0.320 e. The Morgan fingerprint density at radius 3 is 2.47 bits per heavy atom. The van der Waals surface area contributed by atoms with Crippen LogP contribution >= 0.6 is 0 Å². The van der Waals surface area contributed by atoms with Crippen LogP contribution in [0.5, 0.6) is 5.75 Å². The van der Waals surface area contributed by atoms with Crippen LogP contribution in [0, 0.1) is 5.92 Å². The Hall–Kier alpha value is -3.47. The number of para-hydroxylation sites is 1. The number of ether oxygens (including phenoxy) is 2. The van der Waals surface area contributed by atoms with Crippen molar-refractivity contribution in [2.45, 2.75) is 26.3 Å². The lowest BCUT2D eigenvalue weighted by molar-refractivity contribution is -0.144. The Morgan fingerprint density at radius 2 is 1.72 bits per heavy atom. The van der Waals surface area contributed by atoms with Gasteiger partial charge in [-0.1, -0.05) is 18.2 Å². The van der Waals surface area contributed by atoms with Gasteiger partial charge < -0.3 is 28.7 Å². The van der Waals surface area contributed by atoms with Crippen molar-refractivity contribution in [3.63, 3.8) is 0 Å². The summed E-state index contributed by atoms with van der Waals surface area (Å²) in [7, 11) is 4.07. The number of aromatic nitrogens is 2. The molecule has 1 aromatic heterocycles. The van der Waals surface area contributed by atoms with E-state index in [-0.39, 0.29) is 11.9 Å². The molecule has 0 atom stereocenters. The van der Waals surface area contributed by atoms with Crippen LogP contribution < -0.4 is 4.74 Å². The fraction of sp³-hybridized carbons (Fsp3) is 0.545. The van der Waals surface area contributed by atoms with E-state index in [9.17, 15) is 9.59 Å². The average molecular weight is 591 g/mol. The highest BCUT2D eigenvalue weighted by Gasteiger charge is 2.27. The number of esters is 1. The number of fused-ring (bicyclic) bond motifs is 1. The summed E-state index contributed by atoms with van der Waals surface area (Å²) >= 11 is 0. The zero-order valence-corrected chi connectivity index (χ0v) is 25.9. The quantitative estimate of drug-likeness (QED) is 0.298. The number of hydrogen-bond donors (Lipinski definition) is 0. The van der Waals surface area contributed by atoms with E-state index < -0.39 is 0 Å². The molecule has 0 radical (unpaired) electrons. The fourth-order valence-corrected chi connectivity index (χ4v) is 6.00. The number of benzene rings is 2. The molecule has 10 nitrogen and oxygen atoms in total. The van der Waals surface area contributed by atoms with Crippen molar-refractivity contribution < 1.29 is 19.1 Å². The molecule has 0 saturated carbocycles. The molecule has 3 heterocycles. The molecular weight excluding hydrogens is 544 g/mol. The molecule has 2 fully saturated rings. The number of likely N-dealkylation sites (tertiary alicyclic amines) is 1. The molecule has 3 aromatic rings. The van der Waals surface area contributed by atoms with Crippen LogP contribution in [0.15, 0.2) is 48.8 Å². The second-order valence-corrected chi connectivity index (χ2v) is 12.0. The summed E-state index contributed by atoms with van der Waals surface area (Å²) in [4.78, 5) is 38.7. The molecule has 2 aliphatic rings. The topological polar surface area (TPSA) is 83.4 Å². The normalized spacial score (nSPS) is 17.1. The highest BCUT2D eigenvalue weighted by Crippen LogP contribution is 2.25. The highest BCUT2D eigenvalue weighted by molar-refractivity contribution is 5.97. The van der Waals surface area contributed by atoms with Gasteiger partial charge in [-0.15, -0.1) is 0 Å². The Kier molecular flexibility index (Phi) is 10.7. The number of rotatable bonds is 12. The van der Waals surface area contributed by atoms with Crippen molar-refractivity contribution in [2.24, 2.45) is 5.92 Å². The lowest BCUT2D eigenvalue weighted by atomic mass is 9.95. The van der Waals surface area contributed by atoms with E-state index in [0.29, 0.717) is 37.8 Å². The number of amides is 1. The molecule has 0 aliphatic carbocycles. The molecule has 0 unspecified atom stereocenters. The molecule has 232 valence electrons. The van der Waals surface area contributed by atoms with Crippen LogP contribution in [0.25, 0.3) is 11.0 Å². The molecule has 5 rings (SSSR count). The second-order valence-electron chi connectivity index (χ2n) is 12.0. The minimum atomic E-state index is -0.136. The maximum absolute atomic E-state index is 13.5. The third-order valence-electron chi connectivity index (χ3n) is 8.52. The van der Waals surface area contributed by atoms with Crippen molar-refractivity contribution in [3.05, 3.63) is 59.9 Å². The fourth-order valence-electron chi connectivity index (χ4n) is 6.00. The predicted molar refractivity (Wildman–Crippen MR) is 167 cm³/mol. The van der Waals surface area contributed by atoms with E-state index in [2.05, 4.69) is 30.3 Å². The van der Waals surface area contributed by atoms with E-state index in [0.717, 1.165) is 87.5 Å². The van der Waals surface area contributed by atoms with E-state index in [1.165, 1.54) is 0 Å². The van der Waals surface area contributed by atoms with Gasteiger partial charge in [0, 0.05) is 63.5 Å². The summed E-state index contributed by atoms with van der Waals surface area (Å²) in [6.07, 6.45) is 3.87. The Balaban J connectivity index is 1.14. The molecule has 0 N–H and O–H groups in total. The third-order valence-corrected chi connectivity index (χ3v) is 8.52. The molecular formula is C33H46N6O4. The highest BCUT2D eigenvalue weighted by atomic mass is 16.5. The number of piperazine rings is 1. The van der Waals surface area contributed by atoms with Crippen LogP contribution in [-0.2, 0) is 16.1 Å². The van der Waals surface area contributed by atoms with E-state index >= 15 is 0 Å². The Labute approximate surface area is 255 Å². The predicted octanol–water partition coefficient (Wildman–Crippen LogP) is 3.06. The summed E-state index contributed by atoms with van der Waals surface area (Å²) in [5.74, 6) is 1.42. The summed E-state index contributed by atoms with van der Waals surface area (Å²) in [6, 6.07) is 14.0. The van der Waals surface area contributed by atoms with Crippen LogP contribution in [0.3, 0.4) is 0 Å². The summed E-state index contributed by atoms with van der Waals surface area (Å²) < 4.78 is 13.3. The number of imidazole rings is 1. The SMILES string of the molecule is CCOC(=O)CN1CCN(CC2CCN(C(=O)c3ccc4ncn(Cc5ccccc5OCCN(C)C)c4c3)CC2)CC1. The van der Waals surface area contributed by atoms with Gasteiger partial charge in [-0.05, 0) is 64.0 Å². The lowest BCUT2D eigenvalue weighted by Crippen LogP contribution is -2.50. The van der Waals surface area contributed by atoms with Crippen molar-refractivity contribution in [3.8, 4) is 5.75 Å². The van der Waals surface area contributed by atoms with Gasteiger partial charge in [0.05, 0.1) is 37.1 Å². The van der Waals surface area contributed by atoms with Crippen molar-refractivity contribution >= 4 is 22.9 Å². The van der Waals surface area contributed by atoms with Crippen LogP contribution in [-0.4, -0.2) is 127 Å². The minimum Gasteiger partial charge on any atom is -0.492 e. The summed E-state index contributed by atoms with van der Waals surface area (Å²) in [6.45, 7) is 11.1. The van der Waals surface area contributed by atoms with Crippen LogP contribution in [0.1, 0.15) is 35.7 Å². The summed E-state index contributed by atoms with van der Waals surface area (Å²) in [5.41, 5.74) is 3.62. The second kappa shape index (κ2) is 14.8. The van der Waals surface area contributed by atoms with Gasteiger partial charge in [0.1, 0.15) is 12.4 Å². The van der Waals surface area contributed by atoms with Crippen LogP contribution in [0.2, 0.25) is 0 Å². The van der Waals surface area contributed by atoms with Gasteiger partial charge in [-0.2, -0.15) is 0 Å². The molecule has 2 aromatic carbocycles. The number of nitrogens with zero attached hydrogens (tertiary/aromatic N) is 6. The Bertz CT molecular complexity index is 1360. The third kappa shape index (κ3) is 8.34. The van der Waals surface area contributed by atoms with E-state index in [4.69, 9.17) is 9.47 Å². The zero-order valence-electron chi connectivity index (χ0n) is 25.9. The van der Waals surface area contributed by atoms with E-state index in [1.807, 2.05) is 68.6 Å². The standard InChI is InChI=1S/C33H46N6O4/c1-4-42-32(40)24-37-17-15-36(16-18-37)22-26-11-13-38(14-12-26)33(41)27-9-10-29-30(21-27)39(25-34-29)23-28-7-5-6-8-31(28)43-20-19-35(2)3/h5-10,21,25-26H,4,11-20,22-24H2,1-3H3. The van der Waals surface area contributed by atoms with Gasteiger partial charge in [-0.3, -0.25) is 14.5 Å². The maximum Gasteiger partial charge on any atom is 0.320 e. The molecule has 2 saturated heterocycles. The van der Waals surface area contributed by atoms with Gasteiger partial charge in [-0.25, -0.2) is 4.98 Å². The van der Waals surface area contributed by atoms with Gasteiger partial charge in [0.2, 0.25) is 0 Å². The number of piperidine rings is 1. The lowest BCUT2D eigenvalue weighted by Gasteiger charge is -2.38. The number of likely N-dealkylation sites (N-methyl/N-ethyl adjacent to an activating group) is 1. The van der Waals surface area contributed by atoms with Gasteiger partial charge in [0.25, 0.3) is 5.91 Å². The van der Waals surface area contributed by atoms with Gasteiger partial charge in [0.15, 0.2) is 0 Å². The number of carbonyl (C=O) groups is 2. The maximum atomic E-state index is 13.5.